The van der Waals surface area contributed by atoms with Crippen LogP contribution in [0.5, 0.6) is 0 Å². The number of aromatic nitrogens is 2. The first-order chi connectivity index (χ1) is 7.70. The van der Waals surface area contributed by atoms with Crippen LogP contribution in [-0.2, 0) is 4.57 Å². The van der Waals surface area contributed by atoms with Gasteiger partial charge in [-0.05, 0) is 13.0 Å². The quantitative estimate of drug-likeness (QED) is 0.625. The molecule has 2 aliphatic heterocycles. The standard InChI is InChI=1S/C9H14N5OP/c1-8-7-14(8)16(15,13-5-6-13)12-9-10-3-2-4-11-9/h2-4,8H,5-7H2,1H3,(H,10,11,12,15)/t8-,14?,16+/m1/s1. The van der Waals surface area contributed by atoms with Crippen molar-refractivity contribution in [2.45, 2.75) is 13.0 Å². The predicted molar refractivity (Wildman–Crippen MR) is 61.0 cm³/mol. The fraction of sp³-hybridized carbons (Fsp3) is 0.556. The summed E-state index contributed by atoms with van der Waals surface area (Å²) in [4.78, 5) is 8.12. The summed E-state index contributed by atoms with van der Waals surface area (Å²) in [5.74, 6) is 0.442. The zero-order chi connectivity index (χ0) is 11.2. The molecule has 3 rings (SSSR count). The third-order valence-electron chi connectivity index (χ3n) is 2.79. The molecule has 0 aromatic carbocycles. The van der Waals surface area contributed by atoms with Gasteiger partial charge in [-0.15, -0.1) is 0 Å². The fourth-order valence-electron chi connectivity index (χ4n) is 1.70. The summed E-state index contributed by atoms with van der Waals surface area (Å²) < 4.78 is 16.7. The number of nitrogens with zero attached hydrogens (tertiary/aromatic N) is 4. The molecule has 0 bridgehead atoms. The molecule has 7 heteroatoms. The van der Waals surface area contributed by atoms with E-state index in [0.29, 0.717) is 12.0 Å². The van der Waals surface area contributed by atoms with E-state index in [1.165, 1.54) is 0 Å². The van der Waals surface area contributed by atoms with Gasteiger partial charge in [-0.1, -0.05) is 0 Å². The largest absolute Gasteiger partial charge is 0.311 e. The molecule has 1 N–H and O–H groups in total. The van der Waals surface area contributed by atoms with E-state index in [1.54, 1.807) is 18.5 Å². The molecule has 1 aromatic heterocycles. The smallest absolute Gasteiger partial charge is 0.281 e. The monoisotopic (exact) mass is 239 g/mol. The second-order valence-corrected chi connectivity index (χ2v) is 6.54. The van der Waals surface area contributed by atoms with Crippen molar-refractivity contribution < 1.29 is 4.57 Å². The first-order valence-corrected chi connectivity index (χ1v) is 6.99. The van der Waals surface area contributed by atoms with Crippen LogP contribution in [0, 0.1) is 0 Å². The van der Waals surface area contributed by atoms with Crippen LogP contribution in [0.15, 0.2) is 18.5 Å². The summed E-state index contributed by atoms with van der Waals surface area (Å²) in [7, 11) is -2.63. The summed E-state index contributed by atoms with van der Waals surface area (Å²) in [6, 6.07) is 2.13. The molecule has 0 spiro atoms. The van der Waals surface area contributed by atoms with Crippen molar-refractivity contribution in [3.05, 3.63) is 18.5 Å². The number of rotatable bonds is 4. The zero-order valence-corrected chi connectivity index (χ0v) is 9.97. The van der Waals surface area contributed by atoms with Gasteiger partial charge < -0.3 is 0 Å². The van der Waals surface area contributed by atoms with E-state index in [0.717, 1.165) is 19.6 Å². The minimum atomic E-state index is -2.63. The van der Waals surface area contributed by atoms with Crippen molar-refractivity contribution in [2.75, 3.05) is 24.7 Å². The van der Waals surface area contributed by atoms with Crippen LogP contribution in [0.25, 0.3) is 0 Å². The van der Waals surface area contributed by atoms with Crippen LogP contribution >= 0.6 is 7.59 Å². The van der Waals surface area contributed by atoms with Crippen LogP contribution in [0.4, 0.5) is 5.95 Å². The number of nitrogens with one attached hydrogen (secondary N) is 1. The Kier molecular flexibility index (Phi) is 2.24. The predicted octanol–water partition coefficient (Wildman–Crippen LogP) is 1.02. The van der Waals surface area contributed by atoms with E-state index < -0.39 is 7.59 Å². The molecule has 2 saturated heterocycles. The molecular weight excluding hydrogens is 225 g/mol. The Labute approximate surface area is 94.2 Å². The Hall–Kier alpha value is -0.970. The highest BCUT2D eigenvalue weighted by Gasteiger charge is 2.52. The van der Waals surface area contributed by atoms with Gasteiger partial charge >= 0.3 is 7.59 Å². The topological polar surface area (TPSA) is 60.9 Å². The highest BCUT2D eigenvalue weighted by molar-refractivity contribution is 7.61. The molecule has 2 aliphatic rings. The summed E-state index contributed by atoms with van der Waals surface area (Å²) >= 11 is 0. The Bertz CT molecular complexity index is 435. The van der Waals surface area contributed by atoms with Crippen molar-refractivity contribution in [3.8, 4) is 0 Å². The lowest BCUT2D eigenvalue weighted by Gasteiger charge is -2.21. The lowest BCUT2D eigenvalue weighted by Crippen LogP contribution is -2.15. The summed E-state index contributed by atoms with van der Waals surface area (Å²) in [5, 5.41) is 2.99. The van der Waals surface area contributed by atoms with E-state index in [-0.39, 0.29) is 0 Å². The lowest BCUT2D eigenvalue weighted by molar-refractivity contribution is 0.517. The van der Waals surface area contributed by atoms with Gasteiger partial charge in [0.1, 0.15) is 0 Å². The Morgan fingerprint density at radius 1 is 1.44 bits per heavy atom. The van der Waals surface area contributed by atoms with Crippen LogP contribution in [0.3, 0.4) is 0 Å². The molecule has 1 unspecified atom stereocenters. The molecule has 3 atom stereocenters. The number of hydrogen-bond acceptors (Lipinski definition) is 3. The first kappa shape index (κ1) is 10.2. The van der Waals surface area contributed by atoms with Gasteiger partial charge in [0.05, 0.1) is 0 Å². The van der Waals surface area contributed by atoms with Crippen molar-refractivity contribution >= 4 is 13.5 Å². The van der Waals surface area contributed by atoms with Gasteiger partial charge in [0.25, 0.3) is 0 Å². The molecular formula is C9H14N5OP. The molecule has 6 nitrogen and oxygen atoms in total. The maximum atomic E-state index is 12.8. The third-order valence-corrected chi connectivity index (χ3v) is 5.71. The maximum absolute atomic E-state index is 12.8. The van der Waals surface area contributed by atoms with E-state index >= 15 is 0 Å². The van der Waals surface area contributed by atoms with Crippen molar-refractivity contribution in [1.82, 2.24) is 19.3 Å². The van der Waals surface area contributed by atoms with E-state index in [4.69, 9.17) is 0 Å². The van der Waals surface area contributed by atoms with Crippen LogP contribution in [0.2, 0.25) is 0 Å². The molecule has 0 aliphatic carbocycles. The van der Waals surface area contributed by atoms with Crippen LogP contribution in [0.1, 0.15) is 6.92 Å². The molecule has 86 valence electrons. The Morgan fingerprint density at radius 2 is 2.06 bits per heavy atom. The molecule has 3 heterocycles. The molecule has 0 saturated carbocycles. The molecule has 0 amide bonds. The maximum Gasteiger partial charge on any atom is 0.311 e. The van der Waals surface area contributed by atoms with E-state index in [1.807, 2.05) is 9.34 Å². The van der Waals surface area contributed by atoms with Crippen molar-refractivity contribution in [1.29, 1.82) is 0 Å². The highest BCUT2D eigenvalue weighted by atomic mass is 31.2. The molecule has 1 aromatic rings. The third kappa shape index (κ3) is 1.73. The summed E-state index contributed by atoms with van der Waals surface area (Å²) in [6.45, 7) is 4.73. The highest BCUT2D eigenvalue weighted by Crippen LogP contribution is 2.61. The van der Waals surface area contributed by atoms with Gasteiger partial charge in [-0.2, -0.15) is 0 Å². The average molecular weight is 239 g/mol. The normalized spacial score (nSPS) is 31.8. The minimum absolute atomic E-state index is 0.391. The first-order valence-electron chi connectivity index (χ1n) is 5.38. The minimum Gasteiger partial charge on any atom is -0.281 e. The van der Waals surface area contributed by atoms with Gasteiger partial charge in [0, 0.05) is 38.1 Å². The average Bonchev–Trinajstić information content (AvgIpc) is 3.12. The molecule has 0 radical (unpaired) electrons. The summed E-state index contributed by atoms with van der Waals surface area (Å²) in [5.41, 5.74) is 0. The van der Waals surface area contributed by atoms with Crippen molar-refractivity contribution in [2.24, 2.45) is 0 Å². The number of anilines is 1. The fourth-order valence-corrected chi connectivity index (χ4v) is 4.30. The van der Waals surface area contributed by atoms with Gasteiger partial charge in [0.2, 0.25) is 5.95 Å². The molecule has 2 fully saturated rings. The number of hydrogen-bond donors (Lipinski definition) is 1. The second kappa shape index (κ2) is 3.52. The van der Waals surface area contributed by atoms with E-state index in [9.17, 15) is 4.57 Å². The summed E-state index contributed by atoms with van der Waals surface area (Å²) in [6.07, 6.45) is 3.29. The second-order valence-electron chi connectivity index (χ2n) is 4.15. The van der Waals surface area contributed by atoms with Gasteiger partial charge in [-0.3, -0.25) is 9.65 Å². The van der Waals surface area contributed by atoms with E-state index in [2.05, 4.69) is 22.0 Å². The SMILES string of the molecule is C[C@@H]1CN1[P@](=O)(Nc1ncccn1)N1CC1. The molecule has 16 heavy (non-hydrogen) atoms. The lowest BCUT2D eigenvalue weighted by atomic mass is 10.6. The Balaban J connectivity index is 1.82. The Morgan fingerprint density at radius 3 is 2.56 bits per heavy atom. The van der Waals surface area contributed by atoms with Crippen LogP contribution < -0.4 is 5.09 Å². The zero-order valence-electron chi connectivity index (χ0n) is 9.08. The van der Waals surface area contributed by atoms with Crippen LogP contribution in [-0.4, -0.2) is 45.0 Å². The van der Waals surface area contributed by atoms with Crippen molar-refractivity contribution in [3.63, 3.8) is 0 Å². The van der Waals surface area contributed by atoms with Gasteiger partial charge in [-0.25, -0.2) is 19.3 Å². The van der Waals surface area contributed by atoms with Gasteiger partial charge in [0.15, 0.2) is 0 Å².